The van der Waals surface area contributed by atoms with Gasteiger partial charge in [-0.1, -0.05) is 29.3 Å². The van der Waals surface area contributed by atoms with E-state index in [4.69, 9.17) is 27.9 Å². The maximum absolute atomic E-state index is 11.9. The molecular formula is C15H19Cl2NO3. The molecule has 116 valence electrons. The number of hydrogen-bond donors (Lipinski definition) is 2. The zero-order chi connectivity index (χ0) is 15.4. The number of hydrogen-bond acceptors (Lipinski definition) is 3. The molecule has 0 radical (unpaired) electrons. The van der Waals surface area contributed by atoms with Crippen LogP contribution in [0.5, 0.6) is 0 Å². The highest BCUT2D eigenvalue weighted by molar-refractivity contribution is 6.36. The van der Waals surface area contributed by atoms with Crippen molar-refractivity contribution in [1.82, 2.24) is 5.32 Å². The molecule has 0 spiro atoms. The highest BCUT2D eigenvalue weighted by Crippen LogP contribution is 2.30. The van der Waals surface area contributed by atoms with Gasteiger partial charge < -0.3 is 15.2 Å². The average Bonchev–Trinajstić information content (AvgIpc) is 3.26. The van der Waals surface area contributed by atoms with E-state index in [9.17, 15) is 9.90 Å². The fourth-order valence-corrected chi connectivity index (χ4v) is 2.56. The Balaban J connectivity index is 1.82. The molecule has 4 nitrogen and oxygen atoms in total. The van der Waals surface area contributed by atoms with Gasteiger partial charge in [-0.05, 0) is 37.8 Å². The summed E-state index contributed by atoms with van der Waals surface area (Å²) in [5, 5.41) is 13.5. The summed E-state index contributed by atoms with van der Waals surface area (Å²) in [7, 11) is 0. The van der Waals surface area contributed by atoms with E-state index >= 15 is 0 Å². The largest absolute Gasteiger partial charge is 0.386 e. The van der Waals surface area contributed by atoms with Crippen molar-refractivity contribution in [1.29, 1.82) is 0 Å². The first-order valence-corrected chi connectivity index (χ1v) is 7.76. The molecule has 1 aliphatic rings. The highest BCUT2D eigenvalue weighted by Gasteiger charge is 2.24. The molecule has 1 aromatic rings. The molecule has 1 fully saturated rings. The van der Waals surface area contributed by atoms with Crippen LogP contribution in [0.25, 0.3) is 0 Å². The number of aliphatic hydroxyl groups excluding tert-OH is 1. The molecule has 0 aliphatic heterocycles. The lowest BCUT2D eigenvalue weighted by atomic mass is 10.1. The van der Waals surface area contributed by atoms with Gasteiger partial charge in [0.15, 0.2) is 0 Å². The number of aliphatic hydroxyl groups is 1. The Hall–Kier alpha value is -0.810. The minimum atomic E-state index is -0.953. The number of benzene rings is 1. The topological polar surface area (TPSA) is 58.6 Å². The van der Waals surface area contributed by atoms with Crippen LogP contribution < -0.4 is 5.32 Å². The summed E-state index contributed by atoms with van der Waals surface area (Å²) in [6.07, 6.45) is 0.876. The quantitative estimate of drug-likeness (QED) is 0.807. The predicted octanol–water partition coefficient (Wildman–Crippen LogP) is 2.96. The summed E-state index contributed by atoms with van der Waals surface area (Å²) in [5.74, 6) is 0.352. The Kier molecular flexibility index (Phi) is 5.88. The summed E-state index contributed by atoms with van der Waals surface area (Å²) in [6, 6.07) is 5.00. The van der Waals surface area contributed by atoms with Gasteiger partial charge in [-0.2, -0.15) is 0 Å². The summed E-state index contributed by atoms with van der Waals surface area (Å²) < 4.78 is 5.47. The smallest absolute Gasteiger partial charge is 0.248 e. The number of nitrogens with one attached hydrogen (secondary N) is 1. The lowest BCUT2D eigenvalue weighted by Crippen LogP contribution is -2.37. The van der Waals surface area contributed by atoms with Gasteiger partial charge in [-0.25, -0.2) is 0 Å². The minimum Gasteiger partial charge on any atom is -0.386 e. The molecule has 1 aliphatic carbocycles. The van der Waals surface area contributed by atoms with E-state index in [1.165, 1.54) is 12.8 Å². The minimum absolute atomic E-state index is 0.0411. The van der Waals surface area contributed by atoms with Crippen molar-refractivity contribution in [3.8, 4) is 0 Å². The fourth-order valence-electron chi connectivity index (χ4n) is 1.91. The van der Waals surface area contributed by atoms with Crippen LogP contribution in [0, 0.1) is 5.92 Å². The third kappa shape index (κ3) is 4.85. The van der Waals surface area contributed by atoms with Crippen LogP contribution in [-0.2, 0) is 9.53 Å². The van der Waals surface area contributed by atoms with Gasteiger partial charge in [-0.3, -0.25) is 4.79 Å². The monoisotopic (exact) mass is 331 g/mol. The summed E-state index contributed by atoms with van der Waals surface area (Å²) in [4.78, 5) is 11.9. The summed E-state index contributed by atoms with van der Waals surface area (Å²) in [5.41, 5.74) is 0.424. The first kappa shape index (κ1) is 16.6. The fraction of sp³-hybridized carbons (Fsp3) is 0.533. The van der Waals surface area contributed by atoms with E-state index in [-0.39, 0.29) is 12.5 Å². The lowest BCUT2D eigenvalue weighted by Gasteiger charge is -2.17. The van der Waals surface area contributed by atoms with Crippen molar-refractivity contribution in [2.24, 2.45) is 5.92 Å². The Labute approximate surface area is 134 Å². The van der Waals surface area contributed by atoms with Crippen molar-refractivity contribution in [2.75, 3.05) is 13.2 Å². The molecule has 0 aromatic heterocycles. The molecule has 0 bridgehead atoms. The van der Waals surface area contributed by atoms with Crippen LogP contribution in [-0.4, -0.2) is 30.3 Å². The third-order valence-corrected chi connectivity index (χ3v) is 4.11. The Morgan fingerprint density at radius 1 is 1.43 bits per heavy atom. The first-order chi connectivity index (χ1) is 9.99. The first-order valence-electron chi connectivity index (χ1n) is 7.00. The van der Waals surface area contributed by atoms with Crippen molar-refractivity contribution in [3.05, 3.63) is 33.8 Å². The van der Waals surface area contributed by atoms with Gasteiger partial charge >= 0.3 is 0 Å². The van der Waals surface area contributed by atoms with Crippen LogP contribution in [0.3, 0.4) is 0 Å². The van der Waals surface area contributed by atoms with Crippen LogP contribution in [0.15, 0.2) is 18.2 Å². The number of ether oxygens (including phenoxy) is 1. The van der Waals surface area contributed by atoms with Crippen molar-refractivity contribution >= 4 is 29.1 Å². The standard InChI is InChI=1S/C15H19Cl2NO3/c1-9(21-8-10-5-6-10)15(20)18-7-13(19)14-11(16)3-2-4-12(14)17/h2-4,9-10,13,19H,5-8H2,1H3,(H,18,20)/t9-,13+/m1/s1. The van der Waals surface area contributed by atoms with Crippen molar-refractivity contribution in [2.45, 2.75) is 32.0 Å². The SMILES string of the molecule is C[C@@H](OCC1CC1)C(=O)NC[C@H](O)c1c(Cl)cccc1Cl. The zero-order valence-corrected chi connectivity index (χ0v) is 13.3. The Morgan fingerprint density at radius 3 is 2.62 bits per heavy atom. The second kappa shape index (κ2) is 7.45. The molecule has 1 aromatic carbocycles. The van der Waals surface area contributed by atoms with Crippen LogP contribution in [0.2, 0.25) is 10.0 Å². The predicted molar refractivity (Wildman–Crippen MR) is 82.6 cm³/mol. The maximum Gasteiger partial charge on any atom is 0.248 e. The molecule has 2 rings (SSSR count). The summed E-state index contributed by atoms with van der Waals surface area (Å²) >= 11 is 12.0. The molecule has 1 saturated carbocycles. The normalized spacial score (nSPS) is 17.3. The summed E-state index contributed by atoms with van der Waals surface area (Å²) in [6.45, 7) is 2.36. The second-order valence-electron chi connectivity index (χ2n) is 5.32. The van der Waals surface area contributed by atoms with E-state index in [0.717, 1.165) is 0 Å². The van der Waals surface area contributed by atoms with Crippen LogP contribution in [0.4, 0.5) is 0 Å². The Morgan fingerprint density at radius 2 is 2.05 bits per heavy atom. The van der Waals surface area contributed by atoms with E-state index in [1.54, 1.807) is 25.1 Å². The number of amides is 1. The van der Waals surface area contributed by atoms with Gasteiger partial charge in [0, 0.05) is 22.2 Å². The van der Waals surface area contributed by atoms with Gasteiger partial charge in [0.05, 0.1) is 12.7 Å². The number of rotatable bonds is 7. The van der Waals surface area contributed by atoms with Gasteiger partial charge in [0.2, 0.25) is 5.91 Å². The number of halogens is 2. The molecule has 2 atom stereocenters. The molecular weight excluding hydrogens is 313 g/mol. The van der Waals surface area contributed by atoms with Gasteiger partial charge in [-0.15, -0.1) is 0 Å². The number of carbonyl (C=O) groups is 1. The van der Waals surface area contributed by atoms with Crippen molar-refractivity contribution in [3.63, 3.8) is 0 Å². The van der Waals surface area contributed by atoms with E-state index in [0.29, 0.717) is 28.1 Å². The van der Waals surface area contributed by atoms with E-state index in [2.05, 4.69) is 5.32 Å². The molecule has 21 heavy (non-hydrogen) atoms. The molecule has 1 amide bonds. The average molecular weight is 332 g/mol. The molecule has 0 saturated heterocycles. The molecule has 6 heteroatoms. The van der Waals surface area contributed by atoms with Gasteiger partial charge in [0.25, 0.3) is 0 Å². The molecule has 0 heterocycles. The van der Waals surface area contributed by atoms with Crippen molar-refractivity contribution < 1.29 is 14.6 Å². The molecule has 0 unspecified atom stereocenters. The van der Waals surface area contributed by atoms with E-state index in [1.807, 2.05) is 0 Å². The molecule has 2 N–H and O–H groups in total. The van der Waals surface area contributed by atoms with Gasteiger partial charge in [0.1, 0.15) is 6.10 Å². The Bertz CT molecular complexity index is 485. The second-order valence-corrected chi connectivity index (χ2v) is 6.13. The maximum atomic E-state index is 11.9. The third-order valence-electron chi connectivity index (χ3n) is 3.45. The van der Waals surface area contributed by atoms with Crippen LogP contribution >= 0.6 is 23.2 Å². The number of carbonyl (C=O) groups excluding carboxylic acids is 1. The van der Waals surface area contributed by atoms with E-state index < -0.39 is 12.2 Å². The lowest BCUT2D eigenvalue weighted by molar-refractivity contribution is -0.132. The van der Waals surface area contributed by atoms with Crippen LogP contribution in [0.1, 0.15) is 31.4 Å². The zero-order valence-electron chi connectivity index (χ0n) is 11.8. The highest BCUT2D eigenvalue weighted by atomic mass is 35.5.